The molecule has 7 nitrogen and oxygen atoms in total. The minimum atomic E-state index is -1.04. The van der Waals surface area contributed by atoms with Crippen molar-refractivity contribution in [3.05, 3.63) is 70.1 Å². The molecule has 1 aromatic heterocycles. The van der Waals surface area contributed by atoms with Gasteiger partial charge in [0.15, 0.2) is 12.0 Å². The van der Waals surface area contributed by atoms with E-state index in [-0.39, 0.29) is 5.69 Å². The second-order valence-corrected chi connectivity index (χ2v) is 4.70. The van der Waals surface area contributed by atoms with Crippen molar-refractivity contribution in [1.29, 1.82) is 0 Å². The molecule has 0 spiro atoms. The first-order valence-corrected chi connectivity index (χ1v) is 6.36. The Bertz CT molecular complexity index is 854. The molecule has 3 rings (SSSR count). The molecular weight excluding hydrogens is 288 g/mol. The summed E-state index contributed by atoms with van der Waals surface area (Å²) in [6.45, 7) is 0. The van der Waals surface area contributed by atoms with Crippen LogP contribution in [0.2, 0.25) is 0 Å². The zero-order valence-corrected chi connectivity index (χ0v) is 11.2. The third kappa shape index (κ3) is 2.39. The molecule has 0 aliphatic heterocycles. The number of fused-ring (bicyclic) bond motifs is 1. The fourth-order valence-corrected chi connectivity index (χ4v) is 2.32. The van der Waals surface area contributed by atoms with Crippen molar-refractivity contribution in [3.8, 4) is 0 Å². The molecule has 0 bridgehead atoms. The third-order valence-corrected chi connectivity index (χ3v) is 3.37. The molecule has 2 aromatic carbocycles. The van der Waals surface area contributed by atoms with Gasteiger partial charge in [0, 0.05) is 12.1 Å². The number of rotatable bonds is 4. The highest BCUT2D eigenvalue weighted by atomic mass is 16.6. The maximum atomic E-state index is 11.6. The molecule has 0 aliphatic carbocycles. The van der Waals surface area contributed by atoms with Gasteiger partial charge in [-0.3, -0.25) is 14.9 Å². The number of carboxylic acids is 1. The van der Waals surface area contributed by atoms with Crippen LogP contribution in [0.15, 0.2) is 53.3 Å². The molecule has 0 fully saturated rings. The lowest BCUT2D eigenvalue weighted by Gasteiger charge is -2.13. The number of nitrogens with zero attached hydrogens (tertiary/aromatic N) is 2. The Morgan fingerprint density at radius 1 is 1.18 bits per heavy atom. The molecule has 110 valence electrons. The summed E-state index contributed by atoms with van der Waals surface area (Å²) in [7, 11) is 0. The van der Waals surface area contributed by atoms with Crippen LogP contribution in [-0.2, 0) is 4.79 Å². The Hall–Kier alpha value is -3.22. The fourth-order valence-electron chi connectivity index (χ4n) is 2.32. The second kappa shape index (κ2) is 5.28. The maximum Gasteiger partial charge on any atom is 0.315 e. The Labute approximate surface area is 124 Å². The summed E-state index contributed by atoms with van der Waals surface area (Å²) in [5.41, 5.74) is 2.03. The zero-order chi connectivity index (χ0) is 15.7. The van der Waals surface area contributed by atoms with Gasteiger partial charge in [0.1, 0.15) is 11.4 Å². The number of benzene rings is 2. The highest BCUT2D eigenvalue weighted by Crippen LogP contribution is 2.28. The lowest BCUT2D eigenvalue weighted by atomic mass is 9.91. The number of nitro groups is 1. The molecule has 7 heteroatoms. The monoisotopic (exact) mass is 298 g/mol. The van der Waals surface area contributed by atoms with Crippen molar-refractivity contribution >= 4 is 22.8 Å². The largest absolute Gasteiger partial charge is 0.481 e. The van der Waals surface area contributed by atoms with Crippen molar-refractivity contribution in [1.82, 2.24) is 4.98 Å². The number of aliphatic carboxylic acids is 1. The van der Waals surface area contributed by atoms with Crippen LogP contribution in [0, 0.1) is 10.1 Å². The van der Waals surface area contributed by atoms with Gasteiger partial charge in [-0.2, -0.15) is 0 Å². The van der Waals surface area contributed by atoms with E-state index in [9.17, 15) is 20.0 Å². The molecule has 1 heterocycles. The van der Waals surface area contributed by atoms with E-state index in [4.69, 9.17) is 4.42 Å². The van der Waals surface area contributed by atoms with Gasteiger partial charge in [0.25, 0.3) is 5.69 Å². The minimum absolute atomic E-state index is 0.0835. The lowest BCUT2D eigenvalue weighted by Crippen LogP contribution is -2.13. The lowest BCUT2D eigenvalue weighted by molar-refractivity contribution is -0.384. The van der Waals surface area contributed by atoms with E-state index in [1.165, 1.54) is 30.7 Å². The zero-order valence-electron chi connectivity index (χ0n) is 11.2. The van der Waals surface area contributed by atoms with Gasteiger partial charge >= 0.3 is 5.97 Å². The number of carbonyl (C=O) groups is 1. The molecule has 0 saturated heterocycles. The number of oxazole rings is 1. The molecule has 0 amide bonds. The van der Waals surface area contributed by atoms with Crippen LogP contribution in [0.5, 0.6) is 0 Å². The Morgan fingerprint density at radius 2 is 1.86 bits per heavy atom. The molecular formula is C15H10N2O5. The third-order valence-electron chi connectivity index (χ3n) is 3.37. The number of hydrogen-bond donors (Lipinski definition) is 1. The molecule has 0 radical (unpaired) electrons. The van der Waals surface area contributed by atoms with Crippen LogP contribution in [0.1, 0.15) is 17.0 Å². The molecule has 22 heavy (non-hydrogen) atoms. The van der Waals surface area contributed by atoms with Crippen molar-refractivity contribution in [2.75, 3.05) is 0 Å². The Kier molecular flexibility index (Phi) is 3.30. The quantitative estimate of drug-likeness (QED) is 0.586. The van der Waals surface area contributed by atoms with Crippen LogP contribution >= 0.6 is 0 Å². The first-order chi connectivity index (χ1) is 10.6. The summed E-state index contributed by atoms with van der Waals surface area (Å²) in [6, 6.07) is 10.4. The highest BCUT2D eigenvalue weighted by Gasteiger charge is 2.23. The van der Waals surface area contributed by atoms with Gasteiger partial charge in [-0.1, -0.05) is 18.2 Å². The van der Waals surface area contributed by atoms with E-state index in [2.05, 4.69) is 4.98 Å². The van der Waals surface area contributed by atoms with E-state index in [1.807, 2.05) is 0 Å². The number of nitro benzene ring substituents is 1. The SMILES string of the molecule is O=C(O)C(c1ccc([N+](=O)[O-])cc1)c1ccc2ocnc2c1. The molecule has 0 aliphatic rings. The van der Waals surface area contributed by atoms with E-state index in [0.29, 0.717) is 22.2 Å². The summed E-state index contributed by atoms with van der Waals surface area (Å²) in [5.74, 6) is -1.97. The van der Waals surface area contributed by atoms with Crippen LogP contribution in [0.3, 0.4) is 0 Å². The summed E-state index contributed by atoms with van der Waals surface area (Å²) >= 11 is 0. The maximum absolute atomic E-state index is 11.6. The van der Waals surface area contributed by atoms with E-state index < -0.39 is 16.8 Å². The summed E-state index contributed by atoms with van der Waals surface area (Å²) in [6.07, 6.45) is 1.29. The van der Waals surface area contributed by atoms with Gasteiger partial charge in [-0.15, -0.1) is 0 Å². The molecule has 0 saturated carbocycles. The number of carboxylic acid groups (broad SMARTS) is 1. The summed E-state index contributed by atoms with van der Waals surface area (Å²) < 4.78 is 5.13. The minimum Gasteiger partial charge on any atom is -0.481 e. The van der Waals surface area contributed by atoms with Crippen molar-refractivity contribution in [3.63, 3.8) is 0 Å². The molecule has 1 N–H and O–H groups in total. The van der Waals surface area contributed by atoms with Gasteiger partial charge in [-0.05, 0) is 23.3 Å². The van der Waals surface area contributed by atoms with Gasteiger partial charge in [0.05, 0.1) is 4.92 Å². The van der Waals surface area contributed by atoms with Crippen molar-refractivity contribution in [2.24, 2.45) is 0 Å². The normalized spacial score (nSPS) is 12.2. The van der Waals surface area contributed by atoms with E-state index in [1.54, 1.807) is 18.2 Å². The first-order valence-electron chi connectivity index (χ1n) is 6.36. The highest BCUT2D eigenvalue weighted by molar-refractivity contribution is 5.83. The fraction of sp³-hybridized carbons (Fsp3) is 0.0667. The predicted molar refractivity (Wildman–Crippen MR) is 76.6 cm³/mol. The topological polar surface area (TPSA) is 106 Å². The first kappa shape index (κ1) is 13.7. The number of non-ortho nitro benzene ring substituents is 1. The van der Waals surface area contributed by atoms with Crippen LogP contribution in [-0.4, -0.2) is 21.0 Å². The molecule has 1 unspecified atom stereocenters. The van der Waals surface area contributed by atoms with Crippen LogP contribution < -0.4 is 0 Å². The Morgan fingerprint density at radius 3 is 2.50 bits per heavy atom. The van der Waals surface area contributed by atoms with Crippen LogP contribution in [0.25, 0.3) is 11.1 Å². The standard InChI is InChI=1S/C15H10N2O5/c18-15(19)14(9-1-4-11(5-2-9)17(20)21)10-3-6-13-12(7-10)16-8-22-13/h1-8,14H,(H,18,19). The smallest absolute Gasteiger partial charge is 0.315 e. The molecule has 1 atom stereocenters. The Balaban J connectivity index is 2.05. The van der Waals surface area contributed by atoms with E-state index >= 15 is 0 Å². The van der Waals surface area contributed by atoms with Crippen molar-refractivity contribution in [2.45, 2.75) is 5.92 Å². The van der Waals surface area contributed by atoms with Gasteiger partial charge in [0.2, 0.25) is 0 Å². The predicted octanol–water partition coefficient (Wildman–Crippen LogP) is 2.95. The number of aromatic nitrogens is 1. The van der Waals surface area contributed by atoms with E-state index in [0.717, 1.165) is 0 Å². The second-order valence-electron chi connectivity index (χ2n) is 4.70. The molecule has 3 aromatic rings. The van der Waals surface area contributed by atoms with Crippen molar-refractivity contribution < 1.29 is 19.2 Å². The average Bonchev–Trinajstić information content (AvgIpc) is 2.95. The van der Waals surface area contributed by atoms with Gasteiger partial charge in [-0.25, -0.2) is 4.98 Å². The summed E-state index contributed by atoms with van der Waals surface area (Å²) in [4.78, 5) is 25.8. The van der Waals surface area contributed by atoms with Crippen LogP contribution in [0.4, 0.5) is 5.69 Å². The average molecular weight is 298 g/mol. The number of hydrogen-bond acceptors (Lipinski definition) is 5. The van der Waals surface area contributed by atoms with Gasteiger partial charge < -0.3 is 9.52 Å². The summed E-state index contributed by atoms with van der Waals surface area (Å²) in [5, 5.41) is 20.2.